The summed E-state index contributed by atoms with van der Waals surface area (Å²) in [4.78, 5) is 28.0. The number of nitrogens with zero attached hydrogens (tertiary/aromatic N) is 2. The number of carbonyl (C=O) groups is 2. The Morgan fingerprint density at radius 1 is 1.05 bits per heavy atom. The molecule has 126 valence electrons. The van der Waals surface area contributed by atoms with Gasteiger partial charge in [-0.25, -0.2) is 0 Å². The molecule has 0 bridgehead atoms. The summed E-state index contributed by atoms with van der Waals surface area (Å²) < 4.78 is 0. The minimum Gasteiger partial charge on any atom is -0.341 e. The molecule has 2 fully saturated rings. The highest BCUT2D eigenvalue weighted by atomic mass is 16.2. The lowest BCUT2D eigenvalue weighted by atomic mass is 9.67. The van der Waals surface area contributed by atoms with Crippen molar-refractivity contribution in [3.05, 3.63) is 0 Å². The van der Waals surface area contributed by atoms with Crippen molar-refractivity contribution in [1.29, 1.82) is 0 Å². The number of hydrogen-bond donors (Lipinski definition) is 0. The van der Waals surface area contributed by atoms with Crippen molar-refractivity contribution in [3.63, 3.8) is 0 Å². The van der Waals surface area contributed by atoms with Crippen LogP contribution in [0.25, 0.3) is 0 Å². The van der Waals surface area contributed by atoms with E-state index in [-0.39, 0.29) is 5.91 Å². The summed E-state index contributed by atoms with van der Waals surface area (Å²) in [7, 11) is 0. The maximum atomic E-state index is 12.6. The van der Waals surface area contributed by atoms with Gasteiger partial charge >= 0.3 is 0 Å². The molecule has 0 spiro atoms. The summed E-state index contributed by atoms with van der Waals surface area (Å²) in [5.41, 5.74) is 0.368. The fourth-order valence-corrected chi connectivity index (χ4v) is 4.56. The first kappa shape index (κ1) is 17.3. The Morgan fingerprint density at radius 3 is 2.32 bits per heavy atom. The van der Waals surface area contributed by atoms with Crippen molar-refractivity contribution < 1.29 is 9.59 Å². The molecule has 0 aromatic carbocycles. The number of amides is 2. The van der Waals surface area contributed by atoms with Gasteiger partial charge in [-0.15, -0.1) is 0 Å². The van der Waals surface area contributed by atoms with Crippen LogP contribution in [0.15, 0.2) is 0 Å². The molecule has 1 aliphatic carbocycles. The highest BCUT2D eigenvalue weighted by Gasteiger charge is 2.33. The molecule has 0 radical (unpaired) electrons. The zero-order valence-electron chi connectivity index (χ0n) is 14.7. The van der Waals surface area contributed by atoms with Crippen molar-refractivity contribution >= 4 is 11.8 Å². The first-order valence-electron chi connectivity index (χ1n) is 8.80. The molecule has 0 aromatic rings. The van der Waals surface area contributed by atoms with E-state index in [1.54, 1.807) is 6.92 Å². The second kappa shape index (κ2) is 7.01. The predicted octanol–water partition coefficient (Wildman–Crippen LogP) is 2.92. The lowest BCUT2D eigenvalue weighted by molar-refractivity contribution is -0.134. The fourth-order valence-electron chi connectivity index (χ4n) is 4.56. The van der Waals surface area contributed by atoms with E-state index in [2.05, 4.69) is 20.8 Å². The Bertz CT molecular complexity index is 419. The summed E-state index contributed by atoms with van der Waals surface area (Å²) >= 11 is 0. The van der Waals surface area contributed by atoms with Crippen LogP contribution >= 0.6 is 0 Å². The molecular weight excluding hydrogens is 276 g/mol. The normalized spacial score (nSPS) is 29.1. The van der Waals surface area contributed by atoms with E-state index in [0.717, 1.165) is 31.8 Å². The van der Waals surface area contributed by atoms with Crippen molar-refractivity contribution in [3.8, 4) is 0 Å². The standard InChI is InChI=1S/C18H32N2O2/c1-14-10-16(13-18(3,4)12-14)11-17(22)20-7-5-6-19(8-9-20)15(2)21/h14,16H,5-13H2,1-4H3/t14-,16+/m1/s1. The zero-order chi connectivity index (χ0) is 16.3. The van der Waals surface area contributed by atoms with Gasteiger partial charge in [-0.1, -0.05) is 20.8 Å². The van der Waals surface area contributed by atoms with Crippen molar-refractivity contribution in [1.82, 2.24) is 9.80 Å². The zero-order valence-corrected chi connectivity index (χ0v) is 14.7. The monoisotopic (exact) mass is 308 g/mol. The van der Waals surface area contributed by atoms with Crippen LogP contribution in [0.5, 0.6) is 0 Å². The van der Waals surface area contributed by atoms with E-state index in [9.17, 15) is 9.59 Å². The smallest absolute Gasteiger partial charge is 0.222 e. The first-order chi connectivity index (χ1) is 10.3. The number of carbonyl (C=O) groups excluding carboxylic acids is 2. The van der Waals surface area contributed by atoms with Crippen LogP contribution in [0, 0.1) is 17.3 Å². The molecule has 1 saturated carbocycles. The third kappa shape index (κ3) is 4.72. The minimum atomic E-state index is 0.122. The summed E-state index contributed by atoms with van der Waals surface area (Å²) in [5, 5.41) is 0. The molecule has 2 amide bonds. The van der Waals surface area contributed by atoms with Crippen LogP contribution < -0.4 is 0 Å². The van der Waals surface area contributed by atoms with Gasteiger partial charge in [0.2, 0.25) is 11.8 Å². The van der Waals surface area contributed by atoms with Gasteiger partial charge in [-0.3, -0.25) is 9.59 Å². The van der Waals surface area contributed by atoms with E-state index in [0.29, 0.717) is 36.8 Å². The highest BCUT2D eigenvalue weighted by Crippen LogP contribution is 2.42. The van der Waals surface area contributed by atoms with Gasteiger partial charge in [-0.2, -0.15) is 0 Å². The largest absolute Gasteiger partial charge is 0.341 e. The Balaban J connectivity index is 1.88. The summed E-state index contributed by atoms with van der Waals surface area (Å²) in [6, 6.07) is 0. The molecule has 1 heterocycles. The van der Waals surface area contributed by atoms with Crippen LogP contribution in [0.3, 0.4) is 0 Å². The highest BCUT2D eigenvalue weighted by molar-refractivity contribution is 5.77. The molecule has 1 aliphatic heterocycles. The average Bonchev–Trinajstić information content (AvgIpc) is 2.61. The molecule has 0 unspecified atom stereocenters. The van der Waals surface area contributed by atoms with Crippen LogP contribution in [0.2, 0.25) is 0 Å². The first-order valence-corrected chi connectivity index (χ1v) is 8.80. The summed E-state index contributed by atoms with van der Waals surface area (Å²) in [6.45, 7) is 11.6. The predicted molar refractivity (Wildman–Crippen MR) is 88.4 cm³/mol. The second-order valence-electron chi connectivity index (χ2n) is 8.22. The Labute approximate surface area is 135 Å². The molecule has 1 saturated heterocycles. The maximum Gasteiger partial charge on any atom is 0.222 e. The van der Waals surface area contributed by atoms with Crippen molar-refractivity contribution in [2.75, 3.05) is 26.2 Å². The minimum absolute atomic E-state index is 0.122. The SMILES string of the molecule is CC(=O)N1CCCN(C(=O)C[C@@H]2C[C@@H](C)CC(C)(C)C2)CC1. The number of hydrogen-bond acceptors (Lipinski definition) is 2. The van der Waals surface area contributed by atoms with E-state index < -0.39 is 0 Å². The molecule has 0 N–H and O–H groups in total. The summed E-state index contributed by atoms with van der Waals surface area (Å²) in [5.74, 6) is 1.66. The Hall–Kier alpha value is -1.06. The van der Waals surface area contributed by atoms with E-state index >= 15 is 0 Å². The molecule has 22 heavy (non-hydrogen) atoms. The van der Waals surface area contributed by atoms with Gasteiger partial charge in [0, 0.05) is 39.5 Å². The number of rotatable bonds is 2. The van der Waals surface area contributed by atoms with Crippen LogP contribution in [0.4, 0.5) is 0 Å². The van der Waals surface area contributed by atoms with Crippen LogP contribution in [0.1, 0.15) is 59.8 Å². The maximum absolute atomic E-state index is 12.6. The molecular formula is C18H32N2O2. The molecule has 4 heteroatoms. The van der Waals surface area contributed by atoms with E-state index in [1.165, 1.54) is 12.8 Å². The third-order valence-electron chi connectivity index (χ3n) is 5.24. The van der Waals surface area contributed by atoms with E-state index in [4.69, 9.17) is 0 Å². The lowest BCUT2D eigenvalue weighted by Crippen LogP contribution is -2.38. The van der Waals surface area contributed by atoms with Crippen LogP contribution in [-0.2, 0) is 9.59 Å². The van der Waals surface area contributed by atoms with Crippen LogP contribution in [-0.4, -0.2) is 47.8 Å². The third-order valence-corrected chi connectivity index (χ3v) is 5.24. The molecule has 2 atom stereocenters. The lowest BCUT2D eigenvalue weighted by Gasteiger charge is -2.39. The Morgan fingerprint density at radius 2 is 1.68 bits per heavy atom. The van der Waals surface area contributed by atoms with Gasteiger partial charge in [0.15, 0.2) is 0 Å². The fraction of sp³-hybridized carbons (Fsp3) is 0.889. The molecule has 2 rings (SSSR count). The molecule has 0 aromatic heterocycles. The summed E-state index contributed by atoms with van der Waals surface area (Å²) in [6.07, 6.45) is 5.21. The van der Waals surface area contributed by atoms with Gasteiger partial charge in [-0.05, 0) is 42.9 Å². The Kier molecular flexibility index (Phi) is 5.51. The topological polar surface area (TPSA) is 40.6 Å². The van der Waals surface area contributed by atoms with Gasteiger partial charge in [0.25, 0.3) is 0 Å². The second-order valence-corrected chi connectivity index (χ2v) is 8.22. The average molecular weight is 308 g/mol. The van der Waals surface area contributed by atoms with Gasteiger partial charge in [0.05, 0.1) is 0 Å². The molecule has 4 nitrogen and oxygen atoms in total. The van der Waals surface area contributed by atoms with Crippen molar-refractivity contribution in [2.45, 2.75) is 59.8 Å². The van der Waals surface area contributed by atoms with Gasteiger partial charge in [0.1, 0.15) is 0 Å². The van der Waals surface area contributed by atoms with Gasteiger partial charge < -0.3 is 9.80 Å². The quantitative estimate of drug-likeness (QED) is 0.787. The molecule has 2 aliphatic rings. The van der Waals surface area contributed by atoms with E-state index in [1.807, 2.05) is 9.80 Å². The van der Waals surface area contributed by atoms with Crippen molar-refractivity contribution in [2.24, 2.45) is 17.3 Å².